The Bertz CT molecular complexity index is 607. The Kier molecular flexibility index (Phi) is 5.36. The standard InChI is InChI=1S/C16H21N2O3/c1-2-3-12(17)10-13-14(21-15(20)7-9-19)5-4-11-6-8-18-16(11)13/h4-5,8,15,17-20H,2-3,7,9-10H2,1H3. The van der Waals surface area contributed by atoms with Crippen LogP contribution in [0.25, 0.3) is 10.9 Å². The van der Waals surface area contributed by atoms with E-state index < -0.39 is 6.29 Å². The highest BCUT2D eigenvalue weighted by molar-refractivity contribution is 5.91. The number of aromatic nitrogens is 1. The van der Waals surface area contributed by atoms with Crippen molar-refractivity contribution in [3.8, 4) is 5.75 Å². The van der Waals surface area contributed by atoms with E-state index in [1.807, 2.05) is 13.0 Å². The molecule has 113 valence electrons. The monoisotopic (exact) mass is 289 g/mol. The summed E-state index contributed by atoms with van der Waals surface area (Å²) in [6, 6.07) is 6.73. The van der Waals surface area contributed by atoms with E-state index >= 15 is 0 Å². The first kappa shape index (κ1) is 15.5. The number of aromatic amines is 1. The molecule has 0 fully saturated rings. The van der Waals surface area contributed by atoms with Gasteiger partial charge in [-0.25, -0.2) is 0 Å². The summed E-state index contributed by atoms with van der Waals surface area (Å²) in [7, 11) is 0. The van der Waals surface area contributed by atoms with Crippen molar-refractivity contribution in [1.82, 2.24) is 4.98 Å². The van der Waals surface area contributed by atoms with Gasteiger partial charge in [0.05, 0.1) is 5.52 Å². The predicted octanol–water partition coefficient (Wildman–Crippen LogP) is 2.41. The summed E-state index contributed by atoms with van der Waals surface area (Å²) < 4.78 is 5.51. The van der Waals surface area contributed by atoms with E-state index in [0.29, 0.717) is 17.9 Å². The Balaban J connectivity index is 2.32. The molecule has 0 aliphatic carbocycles. The molecule has 2 rings (SSSR count). The van der Waals surface area contributed by atoms with Gasteiger partial charge in [0.2, 0.25) is 0 Å². The highest BCUT2D eigenvalue weighted by Gasteiger charge is 2.15. The highest BCUT2D eigenvalue weighted by Crippen LogP contribution is 2.29. The van der Waals surface area contributed by atoms with Gasteiger partial charge in [0, 0.05) is 48.4 Å². The number of H-pyrrole nitrogens is 1. The van der Waals surface area contributed by atoms with Crippen molar-refractivity contribution in [2.24, 2.45) is 0 Å². The SMILES string of the molecule is CCCC(=N)Cc1c(OC(O)CCO)ccc2[c]c[nH]c12. The molecule has 1 atom stereocenters. The van der Waals surface area contributed by atoms with Crippen LogP contribution in [0.3, 0.4) is 0 Å². The first-order chi connectivity index (χ1) is 10.2. The van der Waals surface area contributed by atoms with Gasteiger partial charge in [-0.05, 0) is 18.6 Å². The molecule has 1 aromatic carbocycles. The lowest BCUT2D eigenvalue weighted by atomic mass is 10.0. The number of aliphatic hydroxyl groups excluding tert-OH is 2. The third-order valence-electron chi connectivity index (χ3n) is 3.30. The van der Waals surface area contributed by atoms with Gasteiger partial charge in [0.15, 0.2) is 6.29 Å². The summed E-state index contributed by atoms with van der Waals surface area (Å²) in [6.45, 7) is 1.90. The lowest BCUT2D eigenvalue weighted by molar-refractivity contribution is -0.0331. The average Bonchev–Trinajstić information content (AvgIpc) is 2.90. The molecule has 0 amide bonds. The van der Waals surface area contributed by atoms with E-state index in [1.165, 1.54) is 0 Å². The van der Waals surface area contributed by atoms with E-state index in [2.05, 4.69) is 11.1 Å². The maximum atomic E-state index is 9.73. The number of rotatable bonds is 8. The summed E-state index contributed by atoms with van der Waals surface area (Å²) in [5.41, 5.74) is 2.36. The number of aliphatic hydroxyl groups is 2. The first-order valence-corrected chi connectivity index (χ1v) is 7.18. The van der Waals surface area contributed by atoms with Crippen LogP contribution in [-0.4, -0.2) is 33.8 Å². The number of ether oxygens (including phenoxy) is 1. The highest BCUT2D eigenvalue weighted by atomic mass is 16.6. The molecule has 1 unspecified atom stereocenters. The lowest BCUT2D eigenvalue weighted by Crippen LogP contribution is -2.18. The number of benzene rings is 1. The van der Waals surface area contributed by atoms with E-state index in [4.69, 9.17) is 15.3 Å². The van der Waals surface area contributed by atoms with E-state index in [9.17, 15) is 5.11 Å². The maximum Gasteiger partial charge on any atom is 0.199 e. The quantitative estimate of drug-likeness (QED) is 0.444. The van der Waals surface area contributed by atoms with Gasteiger partial charge in [0.1, 0.15) is 5.75 Å². The third-order valence-corrected chi connectivity index (χ3v) is 3.30. The molecule has 0 bridgehead atoms. The minimum Gasteiger partial charge on any atom is -0.465 e. The number of hydrogen-bond acceptors (Lipinski definition) is 4. The summed E-state index contributed by atoms with van der Waals surface area (Å²) in [6.07, 6.45) is 2.96. The Labute approximate surface area is 124 Å². The van der Waals surface area contributed by atoms with Crippen molar-refractivity contribution in [3.63, 3.8) is 0 Å². The number of fused-ring (bicyclic) bond motifs is 1. The average molecular weight is 289 g/mol. The maximum absolute atomic E-state index is 9.73. The first-order valence-electron chi connectivity index (χ1n) is 7.18. The number of hydrogen-bond donors (Lipinski definition) is 4. The van der Waals surface area contributed by atoms with Gasteiger partial charge in [-0.15, -0.1) is 0 Å². The van der Waals surface area contributed by atoms with Crippen molar-refractivity contribution in [2.45, 2.75) is 38.9 Å². The molecular weight excluding hydrogens is 268 g/mol. The lowest BCUT2D eigenvalue weighted by Gasteiger charge is -2.17. The number of nitrogens with one attached hydrogen (secondary N) is 2. The van der Waals surface area contributed by atoms with Crippen LogP contribution in [0.2, 0.25) is 0 Å². The summed E-state index contributed by atoms with van der Waals surface area (Å²) in [4.78, 5) is 3.12. The van der Waals surface area contributed by atoms with Crippen LogP contribution in [0, 0.1) is 11.5 Å². The smallest absolute Gasteiger partial charge is 0.199 e. The second-order valence-corrected chi connectivity index (χ2v) is 5.01. The Morgan fingerprint density at radius 3 is 3.00 bits per heavy atom. The van der Waals surface area contributed by atoms with E-state index in [-0.39, 0.29) is 13.0 Å². The van der Waals surface area contributed by atoms with E-state index in [1.54, 1.807) is 12.3 Å². The molecular formula is C16H21N2O3. The molecule has 0 spiro atoms. The molecule has 0 saturated carbocycles. The molecule has 2 aromatic rings. The van der Waals surface area contributed by atoms with Crippen molar-refractivity contribution < 1.29 is 14.9 Å². The Hall–Kier alpha value is -1.85. The zero-order chi connectivity index (χ0) is 15.2. The summed E-state index contributed by atoms with van der Waals surface area (Å²) >= 11 is 0. The van der Waals surface area contributed by atoms with Crippen LogP contribution < -0.4 is 4.74 Å². The van der Waals surface area contributed by atoms with Crippen molar-refractivity contribution in [1.29, 1.82) is 5.41 Å². The molecule has 1 aromatic heterocycles. The molecule has 0 aliphatic rings. The van der Waals surface area contributed by atoms with Gasteiger partial charge >= 0.3 is 0 Å². The van der Waals surface area contributed by atoms with Gasteiger partial charge in [-0.1, -0.05) is 13.3 Å². The van der Waals surface area contributed by atoms with Gasteiger partial charge in [-0.3, -0.25) is 0 Å². The van der Waals surface area contributed by atoms with Crippen LogP contribution in [0.5, 0.6) is 5.75 Å². The fraction of sp³-hybridized carbons (Fsp3) is 0.438. The molecule has 0 saturated heterocycles. The molecule has 5 nitrogen and oxygen atoms in total. The predicted molar refractivity (Wildman–Crippen MR) is 81.8 cm³/mol. The van der Waals surface area contributed by atoms with E-state index in [0.717, 1.165) is 29.3 Å². The zero-order valence-corrected chi connectivity index (χ0v) is 12.1. The van der Waals surface area contributed by atoms with Gasteiger partial charge in [-0.2, -0.15) is 0 Å². The van der Waals surface area contributed by atoms with Crippen molar-refractivity contribution in [2.75, 3.05) is 6.61 Å². The van der Waals surface area contributed by atoms with Gasteiger partial charge in [0.25, 0.3) is 0 Å². The largest absolute Gasteiger partial charge is 0.465 e. The van der Waals surface area contributed by atoms with Crippen LogP contribution in [0.4, 0.5) is 0 Å². The topological polar surface area (TPSA) is 89.3 Å². The Morgan fingerprint density at radius 1 is 1.48 bits per heavy atom. The molecule has 5 heteroatoms. The normalized spacial score (nSPS) is 12.5. The molecule has 21 heavy (non-hydrogen) atoms. The molecule has 4 N–H and O–H groups in total. The summed E-state index contributed by atoms with van der Waals surface area (Å²) in [5, 5.41) is 27.5. The molecule has 1 radical (unpaired) electrons. The van der Waals surface area contributed by atoms with Crippen LogP contribution in [-0.2, 0) is 6.42 Å². The van der Waals surface area contributed by atoms with Crippen LogP contribution in [0.15, 0.2) is 18.3 Å². The van der Waals surface area contributed by atoms with Crippen LogP contribution >= 0.6 is 0 Å². The third kappa shape index (κ3) is 3.83. The van der Waals surface area contributed by atoms with Crippen molar-refractivity contribution in [3.05, 3.63) is 30.0 Å². The zero-order valence-electron chi connectivity index (χ0n) is 12.1. The fourth-order valence-corrected chi connectivity index (χ4v) is 2.31. The Morgan fingerprint density at radius 2 is 2.29 bits per heavy atom. The van der Waals surface area contributed by atoms with Crippen molar-refractivity contribution >= 4 is 16.6 Å². The minimum absolute atomic E-state index is 0.138. The molecule has 1 heterocycles. The van der Waals surface area contributed by atoms with Crippen LogP contribution in [0.1, 0.15) is 31.7 Å². The second-order valence-electron chi connectivity index (χ2n) is 5.01. The fourth-order valence-electron chi connectivity index (χ4n) is 2.31. The van der Waals surface area contributed by atoms with Gasteiger partial charge < -0.3 is 25.3 Å². The second kappa shape index (κ2) is 7.24. The molecule has 0 aliphatic heterocycles. The minimum atomic E-state index is -1.05. The summed E-state index contributed by atoms with van der Waals surface area (Å²) in [5.74, 6) is 0.542.